The normalized spacial score (nSPS) is 27.6. The van der Waals surface area contributed by atoms with Crippen LogP contribution in [0.2, 0.25) is 0 Å². The number of hydrogen-bond acceptors (Lipinski definition) is 2. The Kier molecular flexibility index (Phi) is 2.72. The molecule has 2 nitrogen and oxygen atoms in total. The molecular weight excluding hydrogens is 241 g/mol. The van der Waals surface area contributed by atoms with Crippen LogP contribution in [0.4, 0.5) is 18.9 Å². The largest absolute Gasteiger partial charge is 0.417 e. The van der Waals surface area contributed by atoms with Crippen molar-refractivity contribution in [2.24, 2.45) is 11.8 Å². The van der Waals surface area contributed by atoms with Gasteiger partial charge in [0.15, 0.2) is 0 Å². The summed E-state index contributed by atoms with van der Waals surface area (Å²) in [6.07, 6.45) is 1.82. The maximum absolute atomic E-state index is 12.6. The van der Waals surface area contributed by atoms with E-state index < -0.39 is 11.7 Å². The standard InChI is InChI=1S/C13H15F3N2/c14-13(15,16)11-4-12(6-17-5-11)18-7-9-2-1-3-10(9)8-18/h4-6,9-10H,1-3,7-8H2. The van der Waals surface area contributed by atoms with Gasteiger partial charge in [-0.3, -0.25) is 4.98 Å². The molecule has 0 spiro atoms. The Morgan fingerprint density at radius 3 is 2.39 bits per heavy atom. The van der Waals surface area contributed by atoms with Gasteiger partial charge >= 0.3 is 6.18 Å². The lowest BCUT2D eigenvalue weighted by atomic mass is 10.0. The Morgan fingerprint density at radius 2 is 1.78 bits per heavy atom. The maximum atomic E-state index is 12.6. The van der Waals surface area contributed by atoms with E-state index in [9.17, 15) is 13.2 Å². The molecule has 0 bridgehead atoms. The third kappa shape index (κ3) is 2.06. The van der Waals surface area contributed by atoms with Gasteiger partial charge in [0.2, 0.25) is 0 Å². The summed E-state index contributed by atoms with van der Waals surface area (Å²) in [7, 11) is 0. The van der Waals surface area contributed by atoms with Gasteiger partial charge in [-0.1, -0.05) is 6.42 Å². The topological polar surface area (TPSA) is 16.1 Å². The minimum atomic E-state index is -4.31. The van der Waals surface area contributed by atoms with Gasteiger partial charge in [-0.05, 0) is 30.7 Å². The molecule has 18 heavy (non-hydrogen) atoms. The highest BCUT2D eigenvalue weighted by Gasteiger charge is 2.37. The number of aromatic nitrogens is 1. The van der Waals surface area contributed by atoms with Crippen LogP contribution in [0, 0.1) is 11.8 Å². The number of anilines is 1. The highest BCUT2D eigenvalue weighted by molar-refractivity contribution is 5.48. The van der Waals surface area contributed by atoms with Crippen molar-refractivity contribution in [2.75, 3.05) is 18.0 Å². The van der Waals surface area contributed by atoms with Crippen LogP contribution in [0.25, 0.3) is 0 Å². The average Bonchev–Trinajstić information content (AvgIpc) is 2.88. The molecule has 2 heterocycles. The van der Waals surface area contributed by atoms with E-state index in [2.05, 4.69) is 9.88 Å². The van der Waals surface area contributed by atoms with Gasteiger partial charge in [-0.25, -0.2) is 0 Å². The molecular formula is C13H15F3N2. The second kappa shape index (κ2) is 4.14. The quantitative estimate of drug-likeness (QED) is 0.766. The van der Waals surface area contributed by atoms with Crippen LogP contribution in [0.5, 0.6) is 0 Å². The first-order valence-corrected chi connectivity index (χ1v) is 6.31. The Bertz CT molecular complexity index is 432. The second-order valence-electron chi connectivity index (χ2n) is 5.29. The summed E-state index contributed by atoms with van der Waals surface area (Å²) in [6, 6.07) is 1.22. The number of pyridine rings is 1. The summed E-state index contributed by atoms with van der Waals surface area (Å²) in [4.78, 5) is 5.78. The van der Waals surface area contributed by atoms with Gasteiger partial charge < -0.3 is 4.90 Å². The minimum Gasteiger partial charge on any atom is -0.370 e. The van der Waals surface area contributed by atoms with Crippen molar-refractivity contribution >= 4 is 5.69 Å². The molecule has 0 amide bonds. The summed E-state index contributed by atoms with van der Waals surface area (Å²) in [6.45, 7) is 1.77. The van der Waals surface area contributed by atoms with E-state index in [4.69, 9.17) is 0 Å². The molecule has 2 unspecified atom stereocenters. The fourth-order valence-corrected chi connectivity index (χ4v) is 3.20. The van der Waals surface area contributed by atoms with E-state index in [1.165, 1.54) is 31.5 Å². The van der Waals surface area contributed by atoms with Crippen LogP contribution >= 0.6 is 0 Å². The zero-order chi connectivity index (χ0) is 12.8. The van der Waals surface area contributed by atoms with E-state index >= 15 is 0 Å². The van der Waals surface area contributed by atoms with Crippen molar-refractivity contribution in [1.29, 1.82) is 0 Å². The van der Waals surface area contributed by atoms with E-state index in [1.807, 2.05) is 0 Å². The molecule has 2 atom stereocenters. The maximum Gasteiger partial charge on any atom is 0.417 e. The number of nitrogens with zero attached hydrogens (tertiary/aromatic N) is 2. The minimum absolute atomic E-state index is 0.610. The molecule has 2 aliphatic rings. The molecule has 5 heteroatoms. The predicted molar refractivity (Wildman–Crippen MR) is 62.3 cm³/mol. The van der Waals surface area contributed by atoms with Gasteiger partial charge in [0.25, 0.3) is 0 Å². The van der Waals surface area contributed by atoms with Gasteiger partial charge in [0.05, 0.1) is 17.4 Å². The monoisotopic (exact) mass is 256 g/mol. The molecule has 0 radical (unpaired) electrons. The number of alkyl halides is 3. The van der Waals surface area contributed by atoms with Crippen LogP contribution in [0.1, 0.15) is 24.8 Å². The fraction of sp³-hybridized carbons (Fsp3) is 0.615. The second-order valence-corrected chi connectivity index (χ2v) is 5.29. The van der Waals surface area contributed by atoms with Crippen LogP contribution in [0.3, 0.4) is 0 Å². The smallest absolute Gasteiger partial charge is 0.370 e. The third-order valence-electron chi connectivity index (χ3n) is 4.14. The first-order valence-electron chi connectivity index (χ1n) is 6.31. The van der Waals surface area contributed by atoms with Crippen LogP contribution in [0.15, 0.2) is 18.5 Å². The molecule has 1 aliphatic heterocycles. The highest BCUT2D eigenvalue weighted by Crippen LogP contribution is 2.40. The van der Waals surface area contributed by atoms with Crippen molar-refractivity contribution in [1.82, 2.24) is 4.98 Å². The van der Waals surface area contributed by atoms with Gasteiger partial charge in [-0.15, -0.1) is 0 Å². The molecule has 1 aromatic rings. The lowest BCUT2D eigenvalue weighted by molar-refractivity contribution is -0.137. The fourth-order valence-electron chi connectivity index (χ4n) is 3.20. The summed E-state index contributed by atoms with van der Waals surface area (Å²) in [5.41, 5.74) is -0.0451. The predicted octanol–water partition coefficient (Wildman–Crippen LogP) is 3.34. The zero-order valence-corrected chi connectivity index (χ0v) is 9.95. The lowest BCUT2D eigenvalue weighted by Gasteiger charge is -2.20. The van der Waals surface area contributed by atoms with Crippen molar-refractivity contribution in [3.05, 3.63) is 24.0 Å². The van der Waals surface area contributed by atoms with E-state index in [0.29, 0.717) is 17.5 Å². The molecule has 1 aromatic heterocycles. The van der Waals surface area contributed by atoms with Crippen LogP contribution in [-0.2, 0) is 6.18 Å². The first-order chi connectivity index (χ1) is 8.54. The van der Waals surface area contributed by atoms with Crippen molar-refractivity contribution in [2.45, 2.75) is 25.4 Å². The summed E-state index contributed by atoms with van der Waals surface area (Å²) < 4.78 is 37.9. The number of hydrogen-bond donors (Lipinski definition) is 0. The number of rotatable bonds is 1. The average molecular weight is 256 g/mol. The van der Waals surface area contributed by atoms with Gasteiger partial charge in [0, 0.05) is 19.3 Å². The Balaban J connectivity index is 1.81. The molecule has 1 saturated heterocycles. The molecule has 2 fully saturated rings. The summed E-state index contributed by atoms with van der Waals surface area (Å²) in [5.74, 6) is 1.33. The third-order valence-corrected chi connectivity index (χ3v) is 4.14. The molecule has 98 valence electrons. The van der Waals surface area contributed by atoms with Gasteiger partial charge in [-0.2, -0.15) is 13.2 Å². The first kappa shape index (κ1) is 11.8. The lowest BCUT2D eigenvalue weighted by Crippen LogP contribution is -2.21. The SMILES string of the molecule is FC(F)(F)c1cncc(N2CC3CCCC3C2)c1. The molecule has 0 aromatic carbocycles. The Labute approximate surface area is 104 Å². The summed E-state index contributed by atoms with van der Waals surface area (Å²) in [5, 5.41) is 0. The van der Waals surface area contributed by atoms with Gasteiger partial charge in [0.1, 0.15) is 0 Å². The summed E-state index contributed by atoms with van der Waals surface area (Å²) >= 11 is 0. The molecule has 1 aliphatic carbocycles. The molecule has 3 rings (SSSR count). The van der Waals surface area contributed by atoms with Crippen molar-refractivity contribution < 1.29 is 13.2 Å². The van der Waals surface area contributed by atoms with E-state index in [-0.39, 0.29) is 0 Å². The van der Waals surface area contributed by atoms with E-state index in [0.717, 1.165) is 19.3 Å². The number of fused-ring (bicyclic) bond motifs is 1. The van der Waals surface area contributed by atoms with Crippen molar-refractivity contribution in [3.8, 4) is 0 Å². The number of halogens is 3. The zero-order valence-electron chi connectivity index (χ0n) is 9.95. The van der Waals surface area contributed by atoms with Crippen LogP contribution < -0.4 is 4.90 Å². The highest BCUT2D eigenvalue weighted by atomic mass is 19.4. The Hall–Kier alpha value is -1.26. The van der Waals surface area contributed by atoms with Crippen molar-refractivity contribution in [3.63, 3.8) is 0 Å². The molecule has 1 saturated carbocycles. The van der Waals surface area contributed by atoms with E-state index in [1.54, 1.807) is 0 Å². The molecule has 0 N–H and O–H groups in total. The van der Waals surface area contributed by atoms with Crippen LogP contribution in [-0.4, -0.2) is 18.1 Å². The Morgan fingerprint density at radius 1 is 1.11 bits per heavy atom.